The lowest BCUT2D eigenvalue weighted by Crippen LogP contribution is -2.54. The fourth-order valence-corrected chi connectivity index (χ4v) is 10.0. The molecule has 4 aliphatic carbocycles. The normalized spacial score (nSPS) is 40.0. The minimum atomic E-state index is -0.316. The van der Waals surface area contributed by atoms with E-state index < -0.39 is 0 Å². The molecule has 0 spiro atoms. The summed E-state index contributed by atoms with van der Waals surface area (Å²) in [6.07, 6.45) is 17.7. The lowest BCUT2D eigenvalue weighted by Gasteiger charge is -2.61. The molecule has 4 aliphatic rings. The van der Waals surface area contributed by atoms with Crippen molar-refractivity contribution in [1.82, 2.24) is 5.32 Å². The molecule has 0 heterocycles. The number of amides is 1. The summed E-state index contributed by atoms with van der Waals surface area (Å²) in [5, 5.41) is 2.76. The highest BCUT2D eigenvalue weighted by molar-refractivity contribution is 5.66. The van der Waals surface area contributed by atoms with Crippen LogP contribution in [0.1, 0.15) is 125 Å². The lowest BCUT2D eigenvalue weighted by atomic mass is 9.44. The van der Waals surface area contributed by atoms with Crippen LogP contribution in [0.25, 0.3) is 0 Å². The van der Waals surface area contributed by atoms with E-state index in [0.29, 0.717) is 36.7 Å². The van der Waals surface area contributed by atoms with Gasteiger partial charge >= 0.3 is 6.09 Å². The van der Waals surface area contributed by atoms with Gasteiger partial charge in [-0.1, -0.05) is 60.8 Å². The Hall–Kier alpha value is -0.770. The van der Waals surface area contributed by atoms with Crippen molar-refractivity contribution in [3.8, 4) is 0 Å². The Morgan fingerprint density at radius 3 is 2.43 bits per heavy atom. The quantitative estimate of drug-likeness (QED) is 0.279. The number of rotatable bonds is 11. The fraction of sp³-hybridized carbons (Fsp3) is 0.970. The minimum absolute atomic E-state index is 0.316. The SMILES string of the molecule is CCCNC(=O)OCCO[C@@H]1CC[C@@]2(C)[C@@H](CC[C@@H]3[C@@H]2CC[C@]2(C)[C@@H]([C@@H](C)CCCC(C)C)CC[C@@H]32)C1. The van der Waals surface area contributed by atoms with Crippen LogP contribution in [0.15, 0.2) is 0 Å². The molecule has 0 saturated heterocycles. The number of nitrogens with one attached hydrogen (secondary N) is 1. The molecular weight excluding hydrogens is 458 g/mol. The fourth-order valence-electron chi connectivity index (χ4n) is 10.0. The molecule has 0 aromatic rings. The molecule has 0 unspecified atom stereocenters. The van der Waals surface area contributed by atoms with E-state index in [4.69, 9.17) is 9.47 Å². The Kier molecular flexibility index (Phi) is 9.95. The van der Waals surface area contributed by atoms with Crippen LogP contribution in [-0.4, -0.2) is 32.0 Å². The van der Waals surface area contributed by atoms with E-state index in [1.807, 2.05) is 6.92 Å². The van der Waals surface area contributed by atoms with Gasteiger partial charge in [0.05, 0.1) is 12.7 Å². The number of carbonyl (C=O) groups excluding carboxylic acids is 1. The molecule has 1 N–H and O–H groups in total. The Balaban J connectivity index is 1.29. The van der Waals surface area contributed by atoms with Crippen molar-refractivity contribution < 1.29 is 14.3 Å². The summed E-state index contributed by atoms with van der Waals surface area (Å²) < 4.78 is 11.5. The smallest absolute Gasteiger partial charge is 0.407 e. The standard InChI is InChI=1S/C33H59NO3/c1-7-19-34-31(35)37-21-20-36-26-15-17-32(5)25(22-26)11-12-27-29-14-13-28(24(4)10-8-9-23(2)3)33(29,6)18-16-30(27)32/h23-30H,7-22H2,1-6H3,(H,34,35)/t24-,25-,26+,27-,28+,29-,30-,32-,33+/m0/s1. The van der Waals surface area contributed by atoms with Crippen molar-refractivity contribution in [2.75, 3.05) is 19.8 Å². The Morgan fingerprint density at radius 1 is 0.919 bits per heavy atom. The molecule has 4 heteroatoms. The summed E-state index contributed by atoms with van der Waals surface area (Å²) in [6.45, 7) is 16.3. The van der Waals surface area contributed by atoms with Gasteiger partial charge in [0.15, 0.2) is 0 Å². The third-order valence-corrected chi connectivity index (χ3v) is 12.0. The van der Waals surface area contributed by atoms with Crippen LogP contribution in [-0.2, 0) is 9.47 Å². The van der Waals surface area contributed by atoms with Gasteiger partial charge in [-0.3, -0.25) is 0 Å². The topological polar surface area (TPSA) is 47.6 Å². The second kappa shape index (κ2) is 12.6. The predicted molar refractivity (Wildman–Crippen MR) is 152 cm³/mol. The van der Waals surface area contributed by atoms with Crippen LogP contribution in [0, 0.1) is 52.3 Å². The second-order valence-electron chi connectivity index (χ2n) is 14.5. The lowest BCUT2D eigenvalue weighted by molar-refractivity contribution is -0.138. The summed E-state index contributed by atoms with van der Waals surface area (Å²) in [5.74, 6) is 6.34. The van der Waals surface area contributed by atoms with Crippen molar-refractivity contribution in [2.45, 2.75) is 131 Å². The maximum absolute atomic E-state index is 11.7. The molecule has 4 fully saturated rings. The van der Waals surface area contributed by atoms with Crippen LogP contribution in [0.3, 0.4) is 0 Å². The van der Waals surface area contributed by atoms with E-state index in [0.717, 1.165) is 47.8 Å². The molecule has 4 nitrogen and oxygen atoms in total. The van der Waals surface area contributed by atoms with Gasteiger partial charge in [0.2, 0.25) is 0 Å². The first-order valence-electron chi connectivity index (χ1n) is 16.2. The van der Waals surface area contributed by atoms with E-state index in [1.165, 1.54) is 77.0 Å². The molecule has 9 atom stereocenters. The van der Waals surface area contributed by atoms with Gasteiger partial charge in [-0.15, -0.1) is 0 Å². The first-order valence-corrected chi connectivity index (χ1v) is 16.2. The van der Waals surface area contributed by atoms with Crippen molar-refractivity contribution in [1.29, 1.82) is 0 Å². The second-order valence-corrected chi connectivity index (χ2v) is 14.5. The van der Waals surface area contributed by atoms with E-state index in [-0.39, 0.29) is 6.09 Å². The molecule has 0 aromatic heterocycles. The maximum atomic E-state index is 11.7. The number of ether oxygens (including phenoxy) is 2. The summed E-state index contributed by atoms with van der Waals surface area (Å²) in [7, 11) is 0. The van der Waals surface area contributed by atoms with Gasteiger partial charge in [-0.2, -0.15) is 0 Å². The van der Waals surface area contributed by atoms with Crippen LogP contribution in [0.5, 0.6) is 0 Å². The zero-order chi connectivity index (χ0) is 26.6. The molecule has 0 radical (unpaired) electrons. The van der Waals surface area contributed by atoms with E-state index in [9.17, 15) is 4.79 Å². The van der Waals surface area contributed by atoms with Gasteiger partial charge in [-0.25, -0.2) is 4.79 Å². The molecule has 37 heavy (non-hydrogen) atoms. The van der Waals surface area contributed by atoms with E-state index in [1.54, 1.807) is 0 Å². The van der Waals surface area contributed by atoms with Gasteiger partial charge in [0, 0.05) is 6.54 Å². The highest BCUT2D eigenvalue weighted by Crippen LogP contribution is 2.68. The largest absolute Gasteiger partial charge is 0.447 e. The Morgan fingerprint density at radius 2 is 1.68 bits per heavy atom. The molecule has 0 aliphatic heterocycles. The first-order chi connectivity index (χ1) is 17.7. The molecule has 1 amide bonds. The van der Waals surface area contributed by atoms with Crippen LogP contribution in [0.4, 0.5) is 4.79 Å². The number of hydrogen-bond acceptors (Lipinski definition) is 3. The third kappa shape index (κ3) is 6.36. The summed E-state index contributed by atoms with van der Waals surface area (Å²) in [4.78, 5) is 11.7. The first kappa shape index (κ1) is 29.2. The molecule has 214 valence electrons. The van der Waals surface area contributed by atoms with Crippen molar-refractivity contribution >= 4 is 6.09 Å². The van der Waals surface area contributed by atoms with Crippen molar-refractivity contribution in [3.05, 3.63) is 0 Å². The molecule has 0 bridgehead atoms. The predicted octanol–water partition coefficient (Wildman–Crippen LogP) is 8.63. The number of hydrogen-bond donors (Lipinski definition) is 1. The van der Waals surface area contributed by atoms with Crippen molar-refractivity contribution in [3.63, 3.8) is 0 Å². The van der Waals surface area contributed by atoms with Gasteiger partial charge < -0.3 is 14.8 Å². The molecule has 4 saturated carbocycles. The number of fused-ring (bicyclic) bond motifs is 5. The zero-order valence-corrected chi connectivity index (χ0v) is 25.2. The molecule has 4 rings (SSSR count). The average Bonchev–Trinajstić information content (AvgIpc) is 3.22. The van der Waals surface area contributed by atoms with Crippen LogP contribution in [0.2, 0.25) is 0 Å². The average molecular weight is 518 g/mol. The zero-order valence-electron chi connectivity index (χ0n) is 25.2. The Labute approximate surface area is 228 Å². The molecule has 0 aromatic carbocycles. The summed E-state index contributed by atoms with van der Waals surface area (Å²) in [5.41, 5.74) is 1.09. The number of carbonyl (C=O) groups is 1. The number of alkyl carbamates (subject to hydrolysis) is 1. The highest BCUT2D eigenvalue weighted by Gasteiger charge is 2.60. The summed E-state index contributed by atoms with van der Waals surface area (Å²) >= 11 is 0. The maximum Gasteiger partial charge on any atom is 0.407 e. The monoisotopic (exact) mass is 517 g/mol. The highest BCUT2D eigenvalue weighted by atomic mass is 16.6. The van der Waals surface area contributed by atoms with E-state index >= 15 is 0 Å². The van der Waals surface area contributed by atoms with Gasteiger partial charge in [0.1, 0.15) is 6.61 Å². The van der Waals surface area contributed by atoms with Crippen LogP contribution >= 0.6 is 0 Å². The molecular formula is C33H59NO3. The van der Waals surface area contributed by atoms with Gasteiger partial charge in [-0.05, 0) is 116 Å². The third-order valence-electron chi connectivity index (χ3n) is 12.0. The van der Waals surface area contributed by atoms with Crippen molar-refractivity contribution in [2.24, 2.45) is 52.3 Å². The van der Waals surface area contributed by atoms with Crippen LogP contribution < -0.4 is 5.32 Å². The van der Waals surface area contributed by atoms with E-state index in [2.05, 4.69) is 39.9 Å². The summed E-state index contributed by atoms with van der Waals surface area (Å²) in [6, 6.07) is 0. The minimum Gasteiger partial charge on any atom is -0.447 e. The van der Waals surface area contributed by atoms with Gasteiger partial charge in [0.25, 0.3) is 0 Å². The Bertz CT molecular complexity index is 739.